The number of carbonyl (C=O) groups excluding carboxylic acids is 2. The number of hydrogen-bond acceptors (Lipinski definition) is 4. The van der Waals surface area contributed by atoms with Crippen LogP contribution in [0, 0.1) is 0 Å². The van der Waals surface area contributed by atoms with Gasteiger partial charge in [0.25, 0.3) is 0 Å². The predicted octanol–water partition coefficient (Wildman–Crippen LogP) is 13.0. The lowest BCUT2D eigenvalue weighted by atomic mass is 10.0. The molecule has 0 saturated carbocycles. The lowest BCUT2D eigenvalue weighted by molar-refractivity contribution is -0.157. The summed E-state index contributed by atoms with van der Waals surface area (Å²) in [7, 11) is 0. The van der Waals surface area contributed by atoms with Crippen molar-refractivity contribution in [1.82, 2.24) is 0 Å². The van der Waals surface area contributed by atoms with Gasteiger partial charge in [-0.1, -0.05) is 167 Å². The summed E-state index contributed by atoms with van der Waals surface area (Å²) in [6.45, 7) is 1.20. The summed E-state index contributed by atoms with van der Waals surface area (Å²) in [6, 6.07) is 0. The summed E-state index contributed by atoms with van der Waals surface area (Å²) < 4.78 is 50.2. The molecule has 0 fully saturated rings. The van der Waals surface area contributed by atoms with Gasteiger partial charge in [0.05, 0.1) is 9.94 Å². The van der Waals surface area contributed by atoms with Crippen LogP contribution in [0.4, 0.5) is 0 Å². The van der Waals surface area contributed by atoms with Gasteiger partial charge in [-0.15, -0.1) is 11.6 Å². The van der Waals surface area contributed by atoms with Gasteiger partial charge in [0, 0.05) is 15.6 Å². The van der Waals surface area contributed by atoms with E-state index in [1.54, 1.807) is 0 Å². The van der Waals surface area contributed by atoms with Gasteiger partial charge in [0.1, 0.15) is 12.6 Å². The second-order valence-electron chi connectivity index (χ2n) is 12.5. The average Bonchev–Trinajstić information content (AvgIpc) is 3.03. The highest BCUT2D eigenvalue weighted by atomic mass is 35.5. The van der Waals surface area contributed by atoms with E-state index in [4.69, 9.17) is 27.9 Å². The Hall–Kier alpha value is -1.03. The molecule has 0 aliphatic heterocycles. The first kappa shape index (κ1) is 34.3. The first-order chi connectivity index (χ1) is 23.4. The Labute approximate surface area is 286 Å². The number of unbranched alkanes of at least 4 members (excludes halogenated alkanes) is 25. The highest BCUT2D eigenvalue weighted by Crippen LogP contribution is 2.15. The largest absolute Gasteiger partial charge is 0.462 e. The van der Waals surface area contributed by atoms with Crippen molar-refractivity contribution >= 4 is 23.5 Å². The van der Waals surface area contributed by atoms with Crippen LogP contribution in [0.25, 0.3) is 0 Å². The minimum absolute atomic E-state index is 0.0773. The minimum atomic E-state index is -3.28. The Balaban J connectivity index is 4.19. The van der Waals surface area contributed by atoms with Crippen LogP contribution in [-0.4, -0.2) is 30.4 Å². The van der Waals surface area contributed by atoms with Crippen molar-refractivity contribution in [1.29, 1.82) is 0 Å². The SMILES string of the molecule is [2H]C([2H])(Cl)[C@]([2H])(OC(=O)CCCCCCCCCCCCCCCCC)C([2H])([2H])OC(=O)CCCCCCC/C=C\CCCCCCCC. The van der Waals surface area contributed by atoms with E-state index < -0.39 is 30.4 Å². The van der Waals surface area contributed by atoms with Crippen molar-refractivity contribution in [3.05, 3.63) is 12.2 Å². The third kappa shape index (κ3) is 33.9. The number of ether oxygens (including phenoxy) is 2. The van der Waals surface area contributed by atoms with Crippen LogP contribution in [0.5, 0.6) is 0 Å². The number of hydrogen-bond donors (Lipinski definition) is 0. The van der Waals surface area contributed by atoms with E-state index in [9.17, 15) is 9.59 Å². The lowest BCUT2D eigenvalue weighted by Crippen LogP contribution is -2.26. The number of rotatable bonds is 35. The van der Waals surface area contributed by atoms with E-state index in [2.05, 4.69) is 26.0 Å². The lowest BCUT2D eigenvalue weighted by Gasteiger charge is -2.15. The smallest absolute Gasteiger partial charge is 0.306 e. The Morgan fingerprint density at radius 1 is 0.568 bits per heavy atom. The second-order valence-corrected chi connectivity index (χ2v) is 12.7. The molecule has 0 unspecified atom stereocenters. The topological polar surface area (TPSA) is 52.6 Å². The standard InChI is InChI=1S/C39H73ClO4/c1-3-5-7-9-11-13-15-17-19-21-23-25-27-29-31-33-38(41)43-36-37(35-40)44-39(42)34-32-30-28-26-24-22-20-18-16-14-12-10-8-6-4-2/h17,19,37H,3-16,18,20-36H2,1-2H3/b19-17-/t37-/m0/s1/i35D2,36D2,37D. The van der Waals surface area contributed by atoms with Gasteiger partial charge in [0.15, 0.2) is 0 Å². The molecule has 0 rings (SSSR count). The summed E-state index contributed by atoms with van der Waals surface area (Å²) >= 11 is 5.73. The minimum Gasteiger partial charge on any atom is -0.462 e. The highest BCUT2D eigenvalue weighted by Gasteiger charge is 2.16. The highest BCUT2D eigenvalue weighted by molar-refractivity contribution is 6.18. The Bertz CT molecular complexity index is 837. The molecule has 0 amide bonds. The summed E-state index contributed by atoms with van der Waals surface area (Å²) in [5, 5.41) is 0. The van der Waals surface area contributed by atoms with Crippen LogP contribution in [0.2, 0.25) is 0 Å². The van der Waals surface area contributed by atoms with E-state index in [1.807, 2.05) is 0 Å². The average molecular weight is 646 g/mol. The molecule has 0 spiro atoms. The molecular formula is C39H73ClO4. The molecule has 0 heterocycles. The fourth-order valence-electron chi connectivity index (χ4n) is 5.36. The van der Waals surface area contributed by atoms with E-state index >= 15 is 0 Å². The van der Waals surface area contributed by atoms with E-state index in [-0.39, 0.29) is 12.8 Å². The van der Waals surface area contributed by atoms with Crippen molar-refractivity contribution < 1.29 is 25.9 Å². The number of esters is 2. The summed E-state index contributed by atoms with van der Waals surface area (Å²) in [5.41, 5.74) is 0. The molecule has 1 atom stereocenters. The molecule has 0 radical (unpaired) electrons. The van der Waals surface area contributed by atoms with Crippen molar-refractivity contribution in [2.75, 3.05) is 12.4 Å². The van der Waals surface area contributed by atoms with Gasteiger partial charge < -0.3 is 9.47 Å². The van der Waals surface area contributed by atoms with Crippen molar-refractivity contribution in [2.24, 2.45) is 0 Å². The molecule has 0 aromatic carbocycles. The summed E-state index contributed by atoms with van der Waals surface area (Å²) in [4.78, 5) is 24.9. The van der Waals surface area contributed by atoms with Crippen LogP contribution in [0.3, 0.4) is 0 Å². The molecule has 260 valence electrons. The van der Waals surface area contributed by atoms with Gasteiger partial charge in [-0.2, -0.15) is 0 Å². The third-order valence-electron chi connectivity index (χ3n) is 8.19. The van der Waals surface area contributed by atoms with Gasteiger partial charge in [0.2, 0.25) is 0 Å². The molecule has 5 heteroatoms. The third-order valence-corrected chi connectivity index (χ3v) is 8.36. The maximum absolute atomic E-state index is 12.5. The van der Waals surface area contributed by atoms with Gasteiger partial charge >= 0.3 is 11.9 Å². The van der Waals surface area contributed by atoms with Crippen molar-refractivity contribution in [3.8, 4) is 0 Å². The van der Waals surface area contributed by atoms with Crippen molar-refractivity contribution in [3.63, 3.8) is 0 Å². The number of halogens is 1. The predicted molar refractivity (Wildman–Crippen MR) is 191 cm³/mol. The quantitative estimate of drug-likeness (QED) is 0.0298. The summed E-state index contributed by atoms with van der Waals surface area (Å²) in [6.07, 6.45) is 33.1. The monoisotopic (exact) mass is 646 g/mol. The van der Waals surface area contributed by atoms with E-state index in [1.165, 1.54) is 103 Å². The number of allylic oxidation sites excluding steroid dienone is 2. The van der Waals surface area contributed by atoms with Gasteiger partial charge in [-0.3, -0.25) is 9.59 Å². The number of carbonyl (C=O) groups is 2. The normalized spacial score (nSPS) is 15.2. The zero-order chi connectivity index (χ0) is 36.7. The number of alkyl halides is 1. The van der Waals surface area contributed by atoms with Crippen LogP contribution in [0.15, 0.2) is 12.2 Å². The van der Waals surface area contributed by atoms with Crippen LogP contribution < -0.4 is 0 Å². The van der Waals surface area contributed by atoms with Gasteiger partial charge in [-0.25, -0.2) is 0 Å². The van der Waals surface area contributed by atoms with Crippen molar-refractivity contribution in [2.45, 2.75) is 213 Å². The molecule has 0 aliphatic rings. The molecular weight excluding hydrogens is 568 g/mol. The fraction of sp³-hybridized carbons (Fsp3) is 0.897. The Morgan fingerprint density at radius 3 is 1.30 bits per heavy atom. The molecule has 0 aromatic heterocycles. The molecule has 0 bridgehead atoms. The Morgan fingerprint density at radius 2 is 0.909 bits per heavy atom. The molecule has 4 nitrogen and oxygen atoms in total. The maximum Gasteiger partial charge on any atom is 0.306 e. The maximum atomic E-state index is 12.5. The first-order valence-corrected chi connectivity index (χ1v) is 19.1. The molecule has 44 heavy (non-hydrogen) atoms. The molecule has 0 aliphatic carbocycles. The Kier molecular flexibility index (Phi) is 28.4. The molecule has 0 N–H and O–H groups in total. The zero-order valence-corrected chi connectivity index (χ0v) is 29.6. The van der Waals surface area contributed by atoms with Gasteiger partial charge in [-0.05, 0) is 38.5 Å². The second kappa shape index (κ2) is 36.4. The van der Waals surface area contributed by atoms with E-state index in [0.717, 1.165) is 64.2 Å². The first-order valence-electron chi connectivity index (χ1n) is 21.2. The molecule has 0 aromatic rings. The van der Waals surface area contributed by atoms with Crippen LogP contribution in [0.1, 0.15) is 213 Å². The van der Waals surface area contributed by atoms with Crippen LogP contribution >= 0.6 is 11.6 Å². The fourth-order valence-corrected chi connectivity index (χ4v) is 5.44. The van der Waals surface area contributed by atoms with Crippen LogP contribution in [-0.2, 0) is 19.1 Å². The molecule has 0 saturated heterocycles. The summed E-state index contributed by atoms with van der Waals surface area (Å²) in [5.74, 6) is -4.99. The van der Waals surface area contributed by atoms with E-state index in [0.29, 0.717) is 12.8 Å². The zero-order valence-electron chi connectivity index (χ0n) is 33.9.